The fraction of sp³-hybridized carbons (Fsp3) is 0.0811. The molecule has 0 saturated heterocycles. The van der Waals surface area contributed by atoms with Gasteiger partial charge in [0, 0.05) is 22.2 Å². The Labute approximate surface area is 229 Å². The summed E-state index contributed by atoms with van der Waals surface area (Å²) in [6, 6.07) is 35.2. The number of benzene rings is 4. The Kier molecular flexibility index (Phi) is 5.49. The van der Waals surface area contributed by atoms with Crippen molar-refractivity contribution in [3.05, 3.63) is 132 Å². The summed E-state index contributed by atoms with van der Waals surface area (Å²) in [6.07, 6.45) is 6.51. The fourth-order valence-corrected chi connectivity index (χ4v) is 5.71. The first-order valence-electron chi connectivity index (χ1n) is 13.4. The third-order valence-electron chi connectivity index (χ3n) is 7.69. The number of nitrogens with zero attached hydrogens (tertiary/aromatic N) is 2. The topological polar surface area (TPSA) is 25.8 Å². The minimum atomic E-state index is 0.963. The van der Waals surface area contributed by atoms with Crippen molar-refractivity contribution in [2.75, 3.05) is 0 Å². The minimum Gasteiger partial charge on any atom is -0.251 e. The van der Waals surface area contributed by atoms with E-state index in [0.717, 1.165) is 33.2 Å². The molecule has 0 saturated carbocycles. The van der Waals surface area contributed by atoms with Gasteiger partial charge in [-0.05, 0) is 101 Å². The van der Waals surface area contributed by atoms with E-state index in [-0.39, 0.29) is 0 Å². The summed E-state index contributed by atoms with van der Waals surface area (Å²) in [5.41, 5.74) is 14.9. The maximum atomic E-state index is 4.93. The zero-order valence-electron chi connectivity index (χ0n) is 22.4. The third-order valence-corrected chi connectivity index (χ3v) is 7.69. The van der Waals surface area contributed by atoms with Crippen LogP contribution in [0.25, 0.3) is 66.8 Å². The molecule has 0 unspecified atom stereocenters. The van der Waals surface area contributed by atoms with Crippen LogP contribution in [0, 0.1) is 13.8 Å². The highest BCUT2D eigenvalue weighted by Gasteiger charge is 2.14. The molecule has 1 aliphatic carbocycles. The number of aromatic nitrogens is 2. The van der Waals surface area contributed by atoms with Crippen LogP contribution in [0.15, 0.2) is 109 Å². The van der Waals surface area contributed by atoms with Crippen LogP contribution in [0.4, 0.5) is 0 Å². The average Bonchev–Trinajstić information content (AvgIpc) is 3.00. The Morgan fingerprint density at radius 1 is 0.513 bits per heavy atom. The molecular formula is C37H28N2. The van der Waals surface area contributed by atoms with E-state index in [1.165, 1.54) is 50.1 Å². The highest BCUT2D eigenvalue weighted by atomic mass is 14.8. The van der Waals surface area contributed by atoms with Crippen LogP contribution in [0.2, 0.25) is 0 Å². The first kappa shape index (κ1) is 23.3. The highest BCUT2D eigenvalue weighted by molar-refractivity contribution is 6.08. The maximum Gasteiger partial charge on any atom is 0.0974 e. The van der Waals surface area contributed by atoms with Crippen LogP contribution in [0.1, 0.15) is 29.4 Å². The molecule has 1 aliphatic rings. The molecule has 2 aromatic heterocycles. The number of allylic oxidation sites excluding steroid dienone is 3. The lowest BCUT2D eigenvalue weighted by Crippen LogP contribution is -1.93. The fourth-order valence-electron chi connectivity index (χ4n) is 5.71. The van der Waals surface area contributed by atoms with E-state index in [4.69, 9.17) is 9.97 Å². The quantitative estimate of drug-likeness (QED) is 0.221. The Morgan fingerprint density at radius 2 is 1.26 bits per heavy atom. The van der Waals surface area contributed by atoms with Gasteiger partial charge in [-0.3, -0.25) is 9.97 Å². The van der Waals surface area contributed by atoms with Crippen LogP contribution in [-0.4, -0.2) is 9.97 Å². The molecule has 0 N–H and O–H groups in total. The van der Waals surface area contributed by atoms with Gasteiger partial charge in [-0.1, -0.05) is 85.0 Å². The summed E-state index contributed by atoms with van der Waals surface area (Å²) in [5.74, 6) is 0. The maximum absolute atomic E-state index is 4.93. The summed E-state index contributed by atoms with van der Waals surface area (Å²) in [6.45, 7) is 6.29. The summed E-state index contributed by atoms with van der Waals surface area (Å²) < 4.78 is 0. The van der Waals surface area contributed by atoms with E-state index in [2.05, 4.69) is 129 Å². The van der Waals surface area contributed by atoms with Crippen LogP contribution in [-0.2, 0) is 0 Å². The van der Waals surface area contributed by atoms with Gasteiger partial charge in [0.1, 0.15) is 0 Å². The van der Waals surface area contributed by atoms with Gasteiger partial charge in [0.05, 0.1) is 11.0 Å². The number of hydrogen-bond donors (Lipinski definition) is 0. The highest BCUT2D eigenvalue weighted by Crippen LogP contribution is 2.37. The van der Waals surface area contributed by atoms with E-state index < -0.39 is 0 Å². The van der Waals surface area contributed by atoms with Gasteiger partial charge in [-0.2, -0.15) is 0 Å². The molecule has 0 atom stereocenters. The van der Waals surface area contributed by atoms with Crippen molar-refractivity contribution >= 4 is 33.5 Å². The van der Waals surface area contributed by atoms with Gasteiger partial charge < -0.3 is 0 Å². The molecule has 0 spiro atoms. The minimum absolute atomic E-state index is 0.963. The Morgan fingerprint density at radius 3 is 2.15 bits per heavy atom. The summed E-state index contributed by atoms with van der Waals surface area (Å²) in [7, 11) is 0. The van der Waals surface area contributed by atoms with E-state index in [9.17, 15) is 0 Å². The molecule has 7 rings (SSSR count). The lowest BCUT2D eigenvalue weighted by molar-refractivity contribution is 1.23. The second-order valence-corrected chi connectivity index (χ2v) is 10.5. The number of hydrogen-bond acceptors (Lipinski definition) is 2. The molecule has 0 aliphatic heterocycles. The summed E-state index contributed by atoms with van der Waals surface area (Å²) in [5, 5.41) is 2.24. The second-order valence-electron chi connectivity index (χ2n) is 10.5. The van der Waals surface area contributed by atoms with Gasteiger partial charge in [0.25, 0.3) is 0 Å². The summed E-state index contributed by atoms with van der Waals surface area (Å²) >= 11 is 0. The second kappa shape index (κ2) is 9.18. The van der Waals surface area contributed by atoms with Crippen molar-refractivity contribution < 1.29 is 0 Å². The van der Waals surface area contributed by atoms with Crippen molar-refractivity contribution in [1.82, 2.24) is 9.97 Å². The standard InChI is InChI=1S/C37H28N2/c1-23-7-4-8-26-9-5-11-30(20-26)35-22-29(16-17-32(23)35)28-10-6-12-31(21-28)34-19-25(3)39-37-33(34)18-15-27-14-13-24(2)38-36(27)37/h4-22H,1-3H3/b8-4-,23-7+. The number of aryl methyl sites for hydroxylation is 2. The predicted molar refractivity (Wildman–Crippen MR) is 166 cm³/mol. The van der Waals surface area contributed by atoms with E-state index >= 15 is 0 Å². The van der Waals surface area contributed by atoms with Gasteiger partial charge in [0.15, 0.2) is 0 Å². The molecule has 2 nitrogen and oxygen atoms in total. The zero-order valence-corrected chi connectivity index (χ0v) is 22.4. The average molecular weight is 501 g/mol. The Balaban J connectivity index is 1.39. The molecule has 186 valence electrons. The normalized spacial score (nSPS) is 14.7. The van der Waals surface area contributed by atoms with Crippen molar-refractivity contribution in [2.24, 2.45) is 0 Å². The largest absolute Gasteiger partial charge is 0.251 e. The molecule has 0 radical (unpaired) electrons. The van der Waals surface area contributed by atoms with E-state index in [1.807, 2.05) is 6.92 Å². The zero-order chi connectivity index (χ0) is 26.5. The molecule has 2 heteroatoms. The molecule has 4 aromatic carbocycles. The molecule has 6 aromatic rings. The first-order valence-corrected chi connectivity index (χ1v) is 13.4. The molecule has 0 fully saturated rings. The van der Waals surface area contributed by atoms with Crippen molar-refractivity contribution in [3.8, 4) is 33.4 Å². The van der Waals surface area contributed by atoms with Crippen LogP contribution in [0.5, 0.6) is 0 Å². The van der Waals surface area contributed by atoms with E-state index in [1.54, 1.807) is 0 Å². The van der Waals surface area contributed by atoms with Gasteiger partial charge in [0.2, 0.25) is 0 Å². The molecule has 2 bridgehead atoms. The first-order chi connectivity index (χ1) is 19.0. The van der Waals surface area contributed by atoms with E-state index in [0.29, 0.717) is 0 Å². The third kappa shape index (κ3) is 4.15. The monoisotopic (exact) mass is 500 g/mol. The van der Waals surface area contributed by atoms with Gasteiger partial charge in [-0.15, -0.1) is 0 Å². The SMILES string of the molecule is C/C1=C\C=C/c2cccc(c2)-c2cc(-c3cccc(-c4cc(C)nc5c4ccc4ccc(C)nc45)c3)ccc21. The van der Waals surface area contributed by atoms with Crippen LogP contribution < -0.4 is 0 Å². The molecular weight excluding hydrogens is 472 g/mol. The number of pyridine rings is 2. The van der Waals surface area contributed by atoms with Gasteiger partial charge >= 0.3 is 0 Å². The van der Waals surface area contributed by atoms with Crippen LogP contribution in [0.3, 0.4) is 0 Å². The van der Waals surface area contributed by atoms with Crippen molar-refractivity contribution in [1.29, 1.82) is 0 Å². The van der Waals surface area contributed by atoms with Crippen molar-refractivity contribution in [2.45, 2.75) is 20.8 Å². The lowest BCUT2D eigenvalue weighted by atomic mass is 9.90. The Hall–Kier alpha value is -4.82. The predicted octanol–water partition coefficient (Wildman–Crippen LogP) is 9.83. The smallest absolute Gasteiger partial charge is 0.0974 e. The number of rotatable bonds is 2. The molecule has 39 heavy (non-hydrogen) atoms. The van der Waals surface area contributed by atoms with Gasteiger partial charge in [-0.25, -0.2) is 0 Å². The molecule has 2 heterocycles. The Bertz CT molecular complexity index is 1990. The summed E-state index contributed by atoms with van der Waals surface area (Å²) in [4.78, 5) is 9.78. The van der Waals surface area contributed by atoms with Crippen molar-refractivity contribution in [3.63, 3.8) is 0 Å². The van der Waals surface area contributed by atoms with Crippen LogP contribution >= 0.6 is 0 Å². The lowest BCUT2D eigenvalue weighted by Gasteiger charge is -2.15. The number of fused-ring (bicyclic) bond motifs is 7. The molecule has 0 amide bonds.